The Morgan fingerprint density at radius 1 is 0.844 bits per heavy atom. The molecule has 0 bridgehead atoms. The van der Waals surface area contributed by atoms with Gasteiger partial charge in [-0.05, 0) is 66.6 Å². The maximum absolute atomic E-state index is 12.9. The molecule has 3 aromatic carbocycles. The van der Waals surface area contributed by atoms with E-state index in [1.165, 1.54) is 13.0 Å². The Morgan fingerprint density at radius 3 is 2.06 bits per heavy atom. The van der Waals surface area contributed by atoms with E-state index in [9.17, 15) is 18.0 Å². The molecule has 0 aromatic heterocycles. The van der Waals surface area contributed by atoms with Crippen molar-refractivity contribution in [1.82, 2.24) is 0 Å². The van der Waals surface area contributed by atoms with Crippen LogP contribution in [0.2, 0.25) is 5.02 Å². The van der Waals surface area contributed by atoms with Crippen LogP contribution in [0.5, 0.6) is 0 Å². The third-order valence-corrected chi connectivity index (χ3v) is 6.27. The average molecular weight is 472 g/mol. The lowest BCUT2D eigenvalue weighted by Gasteiger charge is -2.13. The minimum atomic E-state index is -3.87. The highest BCUT2D eigenvalue weighted by atomic mass is 35.5. The Morgan fingerprint density at radius 2 is 1.44 bits per heavy atom. The van der Waals surface area contributed by atoms with E-state index in [4.69, 9.17) is 11.6 Å². The predicted molar refractivity (Wildman–Crippen MR) is 127 cm³/mol. The summed E-state index contributed by atoms with van der Waals surface area (Å²) in [6.07, 6.45) is 0.0966. The number of halogens is 1. The lowest BCUT2D eigenvalue weighted by Crippen LogP contribution is -2.17. The van der Waals surface area contributed by atoms with Crippen LogP contribution in [0.1, 0.15) is 18.1 Å². The molecule has 3 N–H and O–H groups in total. The second kappa shape index (κ2) is 9.84. The third-order valence-electron chi connectivity index (χ3n) is 4.50. The molecule has 0 saturated carbocycles. The Bertz CT molecular complexity index is 1240. The number of rotatable bonds is 7. The number of sulfonamides is 1. The predicted octanol–water partition coefficient (Wildman–Crippen LogP) is 4.59. The number of anilines is 3. The Hall–Kier alpha value is -3.36. The molecule has 0 aliphatic carbocycles. The van der Waals surface area contributed by atoms with Gasteiger partial charge in [0.1, 0.15) is 0 Å². The number of amides is 2. The van der Waals surface area contributed by atoms with Crippen LogP contribution in [0.4, 0.5) is 17.1 Å². The molecule has 0 radical (unpaired) electrons. The fourth-order valence-corrected chi connectivity index (χ4v) is 4.45. The van der Waals surface area contributed by atoms with E-state index in [2.05, 4.69) is 15.4 Å². The molecule has 166 valence electrons. The van der Waals surface area contributed by atoms with E-state index >= 15 is 0 Å². The van der Waals surface area contributed by atoms with Crippen LogP contribution < -0.4 is 15.4 Å². The summed E-state index contributed by atoms with van der Waals surface area (Å²) in [5.41, 5.74) is 2.68. The summed E-state index contributed by atoms with van der Waals surface area (Å²) < 4.78 is 28.2. The molecule has 2 amide bonds. The summed E-state index contributed by atoms with van der Waals surface area (Å²) >= 11 is 5.85. The standard InChI is InChI=1S/C23H22ClN3O4S/c1-15-3-8-21(14-22(15)32(30,31)27-20-11-6-18(24)7-12-20)26-23(29)13-17-4-9-19(10-5-17)25-16(2)28/h3-12,14,27H,13H2,1-2H3,(H,25,28)(H,26,29). The molecule has 0 saturated heterocycles. The molecule has 0 aliphatic heterocycles. The first-order valence-corrected chi connectivity index (χ1v) is 11.5. The van der Waals surface area contributed by atoms with Crippen LogP contribution in [0.3, 0.4) is 0 Å². The molecule has 32 heavy (non-hydrogen) atoms. The fourth-order valence-electron chi connectivity index (χ4n) is 3.00. The normalized spacial score (nSPS) is 11.0. The lowest BCUT2D eigenvalue weighted by atomic mass is 10.1. The van der Waals surface area contributed by atoms with Gasteiger partial charge in [-0.1, -0.05) is 29.8 Å². The van der Waals surface area contributed by atoms with Crippen molar-refractivity contribution in [1.29, 1.82) is 0 Å². The minimum absolute atomic E-state index is 0.0601. The van der Waals surface area contributed by atoms with Crippen molar-refractivity contribution < 1.29 is 18.0 Å². The Kier molecular flexibility index (Phi) is 7.17. The molecule has 0 atom stereocenters. The molecule has 0 fully saturated rings. The average Bonchev–Trinajstić information content (AvgIpc) is 2.72. The highest BCUT2D eigenvalue weighted by Gasteiger charge is 2.18. The van der Waals surface area contributed by atoms with E-state index in [0.29, 0.717) is 27.6 Å². The van der Waals surface area contributed by atoms with Crippen molar-refractivity contribution in [3.05, 3.63) is 82.9 Å². The largest absolute Gasteiger partial charge is 0.326 e. The van der Waals surface area contributed by atoms with Crippen molar-refractivity contribution in [2.45, 2.75) is 25.2 Å². The van der Waals surface area contributed by atoms with E-state index < -0.39 is 10.0 Å². The zero-order valence-corrected chi connectivity index (χ0v) is 19.0. The first-order chi connectivity index (χ1) is 15.1. The number of hydrogen-bond donors (Lipinski definition) is 3. The second-order valence-corrected chi connectivity index (χ2v) is 9.28. The van der Waals surface area contributed by atoms with Crippen molar-refractivity contribution >= 4 is 50.5 Å². The molecular formula is C23H22ClN3O4S. The quantitative estimate of drug-likeness (QED) is 0.468. The summed E-state index contributed by atoms with van der Waals surface area (Å²) in [6, 6.07) is 17.9. The molecule has 3 rings (SSSR count). The van der Waals surface area contributed by atoms with Crippen LogP contribution in [0.15, 0.2) is 71.6 Å². The smallest absolute Gasteiger partial charge is 0.262 e. The molecule has 3 aromatic rings. The molecule has 0 spiro atoms. The van der Waals surface area contributed by atoms with Gasteiger partial charge < -0.3 is 10.6 Å². The van der Waals surface area contributed by atoms with Gasteiger partial charge in [0.25, 0.3) is 10.0 Å². The van der Waals surface area contributed by atoms with Gasteiger partial charge in [-0.25, -0.2) is 8.42 Å². The van der Waals surface area contributed by atoms with Crippen molar-refractivity contribution in [3.63, 3.8) is 0 Å². The maximum Gasteiger partial charge on any atom is 0.262 e. The van der Waals surface area contributed by atoms with E-state index in [-0.39, 0.29) is 23.1 Å². The molecule has 0 aliphatic rings. The zero-order chi connectivity index (χ0) is 23.3. The van der Waals surface area contributed by atoms with E-state index in [1.807, 2.05) is 0 Å². The monoisotopic (exact) mass is 471 g/mol. The van der Waals surface area contributed by atoms with Gasteiger partial charge in [0.2, 0.25) is 11.8 Å². The maximum atomic E-state index is 12.9. The van der Waals surface area contributed by atoms with Gasteiger partial charge in [-0.15, -0.1) is 0 Å². The second-order valence-electron chi connectivity index (χ2n) is 7.20. The van der Waals surface area contributed by atoms with Crippen molar-refractivity contribution in [2.75, 3.05) is 15.4 Å². The Balaban J connectivity index is 1.71. The number of hydrogen-bond acceptors (Lipinski definition) is 4. The summed E-state index contributed by atoms with van der Waals surface area (Å²) in [5.74, 6) is -0.471. The third kappa shape index (κ3) is 6.32. The van der Waals surface area contributed by atoms with Crippen LogP contribution in [0.25, 0.3) is 0 Å². The van der Waals surface area contributed by atoms with Gasteiger partial charge in [0.05, 0.1) is 11.3 Å². The van der Waals surface area contributed by atoms with Crippen LogP contribution in [-0.4, -0.2) is 20.2 Å². The molecule has 9 heteroatoms. The fraction of sp³-hybridized carbons (Fsp3) is 0.130. The number of carbonyl (C=O) groups is 2. The van der Waals surface area contributed by atoms with Crippen molar-refractivity contribution in [2.24, 2.45) is 0 Å². The minimum Gasteiger partial charge on any atom is -0.326 e. The van der Waals surface area contributed by atoms with E-state index in [1.54, 1.807) is 67.6 Å². The summed E-state index contributed by atoms with van der Waals surface area (Å²) in [7, 11) is -3.87. The number of nitrogens with one attached hydrogen (secondary N) is 3. The SMILES string of the molecule is CC(=O)Nc1ccc(CC(=O)Nc2ccc(C)c(S(=O)(=O)Nc3ccc(Cl)cc3)c2)cc1. The zero-order valence-electron chi connectivity index (χ0n) is 17.5. The lowest BCUT2D eigenvalue weighted by molar-refractivity contribution is -0.116. The van der Waals surface area contributed by atoms with Gasteiger partial charge in [-0.2, -0.15) is 0 Å². The van der Waals surface area contributed by atoms with Crippen LogP contribution in [0, 0.1) is 6.92 Å². The summed E-state index contributed by atoms with van der Waals surface area (Å²) in [6.45, 7) is 3.10. The van der Waals surface area contributed by atoms with Gasteiger partial charge in [-0.3, -0.25) is 14.3 Å². The van der Waals surface area contributed by atoms with E-state index in [0.717, 1.165) is 5.56 Å². The first-order valence-electron chi connectivity index (χ1n) is 9.68. The van der Waals surface area contributed by atoms with Crippen LogP contribution >= 0.6 is 11.6 Å². The highest BCUT2D eigenvalue weighted by molar-refractivity contribution is 7.92. The van der Waals surface area contributed by atoms with Gasteiger partial charge >= 0.3 is 0 Å². The number of benzene rings is 3. The van der Waals surface area contributed by atoms with Crippen LogP contribution in [-0.2, 0) is 26.0 Å². The molecule has 0 heterocycles. The highest BCUT2D eigenvalue weighted by Crippen LogP contribution is 2.24. The van der Waals surface area contributed by atoms with Gasteiger partial charge in [0.15, 0.2) is 0 Å². The Labute approximate surface area is 191 Å². The first kappa shape index (κ1) is 23.3. The molecular weight excluding hydrogens is 450 g/mol. The topological polar surface area (TPSA) is 104 Å². The number of carbonyl (C=O) groups excluding carboxylic acids is 2. The molecule has 7 nitrogen and oxygen atoms in total. The van der Waals surface area contributed by atoms with Crippen molar-refractivity contribution in [3.8, 4) is 0 Å². The van der Waals surface area contributed by atoms with Gasteiger partial charge in [0, 0.05) is 29.0 Å². The summed E-state index contributed by atoms with van der Waals surface area (Å²) in [4.78, 5) is 23.6. The number of aryl methyl sites for hydroxylation is 1. The molecule has 0 unspecified atom stereocenters. The summed E-state index contributed by atoms with van der Waals surface area (Å²) in [5, 5.41) is 5.89.